The molecule has 0 saturated heterocycles. The van der Waals surface area contributed by atoms with Crippen LogP contribution in [0.1, 0.15) is 29.7 Å². The first kappa shape index (κ1) is 13.4. The van der Waals surface area contributed by atoms with Gasteiger partial charge in [-0.05, 0) is 55.9 Å². The standard InChI is InChI=1S/C15H16N2O2S/c1-9-12-6-10-4-2-3-5-11(10)7-13(12)17-15(16-9)20-8-14(18)19/h6-7H,2-5,8H2,1H3,(H,18,19). The second-order valence-corrected chi connectivity index (χ2v) is 6.06. The van der Waals surface area contributed by atoms with Crippen LogP contribution in [0, 0.1) is 6.92 Å². The molecule has 2 aromatic rings. The second kappa shape index (κ2) is 5.40. The van der Waals surface area contributed by atoms with Gasteiger partial charge in [0, 0.05) is 11.1 Å². The van der Waals surface area contributed by atoms with E-state index in [1.807, 2.05) is 6.92 Å². The van der Waals surface area contributed by atoms with Crippen LogP contribution in [-0.4, -0.2) is 26.8 Å². The molecular weight excluding hydrogens is 272 g/mol. The molecule has 0 atom stereocenters. The molecule has 0 radical (unpaired) electrons. The van der Waals surface area contributed by atoms with Gasteiger partial charge in [-0.15, -0.1) is 0 Å². The number of rotatable bonds is 3. The van der Waals surface area contributed by atoms with Gasteiger partial charge in [0.25, 0.3) is 0 Å². The number of hydrogen-bond donors (Lipinski definition) is 1. The lowest BCUT2D eigenvalue weighted by Crippen LogP contribution is -2.04. The van der Waals surface area contributed by atoms with E-state index in [0.717, 1.165) is 29.4 Å². The quantitative estimate of drug-likeness (QED) is 0.695. The van der Waals surface area contributed by atoms with Crippen molar-refractivity contribution < 1.29 is 9.90 Å². The third kappa shape index (κ3) is 2.63. The maximum absolute atomic E-state index is 10.6. The molecule has 20 heavy (non-hydrogen) atoms. The number of carboxylic acids is 1. The van der Waals surface area contributed by atoms with Crippen LogP contribution in [0.15, 0.2) is 17.3 Å². The fraction of sp³-hybridized carbons (Fsp3) is 0.400. The van der Waals surface area contributed by atoms with Crippen LogP contribution in [0.2, 0.25) is 0 Å². The first-order chi connectivity index (χ1) is 9.63. The Balaban J connectivity index is 2.04. The van der Waals surface area contributed by atoms with Crippen LogP contribution < -0.4 is 0 Å². The largest absolute Gasteiger partial charge is 0.481 e. The second-order valence-electron chi connectivity index (χ2n) is 5.12. The van der Waals surface area contributed by atoms with Crippen molar-refractivity contribution in [3.8, 4) is 0 Å². The molecule has 5 heteroatoms. The van der Waals surface area contributed by atoms with Gasteiger partial charge in [0.15, 0.2) is 5.16 Å². The topological polar surface area (TPSA) is 63.1 Å². The Morgan fingerprint density at radius 2 is 1.95 bits per heavy atom. The van der Waals surface area contributed by atoms with E-state index in [4.69, 9.17) is 5.11 Å². The highest BCUT2D eigenvalue weighted by atomic mass is 32.2. The van der Waals surface area contributed by atoms with Gasteiger partial charge in [0.05, 0.1) is 11.3 Å². The van der Waals surface area contributed by atoms with Crippen molar-refractivity contribution in [2.75, 3.05) is 5.75 Å². The Labute approximate surface area is 121 Å². The Hall–Kier alpha value is -1.62. The van der Waals surface area contributed by atoms with Crippen molar-refractivity contribution in [2.24, 2.45) is 0 Å². The monoisotopic (exact) mass is 288 g/mol. The molecule has 0 fully saturated rings. The third-order valence-corrected chi connectivity index (χ3v) is 4.49. The number of fused-ring (bicyclic) bond motifs is 2. The highest BCUT2D eigenvalue weighted by Gasteiger charge is 2.13. The zero-order valence-electron chi connectivity index (χ0n) is 11.3. The van der Waals surface area contributed by atoms with Crippen LogP contribution in [0.25, 0.3) is 10.9 Å². The predicted molar refractivity (Wildman–Crippen MR) is 79.3 cm³/mol. The van der Waals surface area contributed by atoms with Crippen LogP contribution >= 0.6 is 11.8 Å². The van der Waals surface area contributed by atoms with Gasteiger partial charge in [0.2, 0.25) is 0 Å². The van der Waals surface area contributed by atoms with Crippen LogP contribution in [0.3, 0.4) is 0 Å². The lowest BCUT2D eigenvalue weighted by molar-refractivity contribution is -0.133. The minimum Gasteiger partial charge on any atom is -0.481 e. The number of thioether (sulfide) groups is 1. The highest BCUT2D eigenvalue weighted by molar-refractivity contribution is 7.99. The molecule has 1 N–H and O–H groups in total. The summed E-state index contributed by atoms with van der Waals surface area (Å²) in [7, 11) is 0. The number of aryl methyl sites for hydroxylation is 3. The molecule has 0 spiro atoms. The molecule has 0 unspecified atom stereocenters. The summed E-state index contributed by atoms with van der Waals surface area (Å²) in [6, 6.07) is 4.37. The number of aliphatic carboxylic acids is 1. The van der Waals surface area contributed by atoms with Gasteiger partial charge in [-0.1, -0.05) is 11.8 Å². The SMILES string of the molecule is Cc1nc(SCC(=O)O)nc2cc3c(cc12)CCCC3. The molecule has 1 aromatic heterocycles. The summed E-state index contributed by atoms with van der Waals surface area (Å²) in [6.07, 6.45) is 4.75. The van der Waals surface area contributed by atoms with Crippen molar-refractivity contribution in [1.82, 2.24) is 9.97 Å². The molecule has 1 heterocycles. The van der Waals surface area contributed by atoms with E-state index in [1.165, 1.54) is 35.7 Å². The van der Waals surface area contributed by atoms with Gasteiger partial charge in [0.1, 0.15) is 0 Å². The number of carboxylic acid groups (broad SMARTS) is 1. The summed E-state index contributed by atoms with van der Waals surface area (Å²) in [5.74, 6) is -0.850. The van der Waals surface area contributed by atoms with Gasteiger partial charge in [-0.25, -0.2) is 9.97 Å². The summed E-state index contributed by atoms with van der Waals surface area (Å²) >= 11 is 1.17. The normalized spacial score (nSPS) is 14.2. The van der Waals surface area contributed by atoms with E-state index < -0.39 is 5.97 Å². The first-order valence-electron chi connectivity index (χ1n) is 6.78. The summed E-state index contributed by atoms with van der Waals surface area (Å²) in [5, 5.41) is 10.4. The lowest BCUT2D eigenvalue weighted by atomic mass is 9.90. The molecule has 4 nitrogen and oxygen atoms in total. The number of aromatic nitrogens is 2. The van der Waals surface area contributed by atoms with Crippen molar-refractivity contribution in [2.45, 2.75) is 37.8 Å². The fourth-order valence-corrected chi connectivity index (χ4v) is 3.29. The zero-order valence-corrected chi connectivity index (χ0v) is 12.2. The van der Waals surface area contributed by atoms with E-state index in [2.05, 4.69) is 22.1 Å². The molecule has 1 aliphatic carbocycles. The minimum atomic E-state index is -0.846. The van der Waals surface area contributed by atoms with E-state index in [-0.39, 0.29) is 5.75 Å². The molecule has 0 amide bonds. The average molecular weight is 288 g/mol. The smallest absolute Gasteiger partial charge is 0.313 e. The Morgan fingerprint density at radius 3 is 2.65 bits per heavy atom. The fourth-order valence-electron chi connectivity index (χ4n) is 2.68. The zero-order chi connectivity index (χ0) is 14.1. The van der Waals surface area contributed by atoms with E-state index in [0.29, 0.717) is 5.16 Å². The molecule has 1 aliphatic rings. The van der Waals surface area contributed by atoms with Gasteiger partial charge >= 0.3 is 5.97 Å². The van der Waals surface area contributed by atoms with E-state index in [9.17, 15) is 4.79 Å². The Kier molecular flexibility index (Phi) is 3.61. The van der Waals surface area contributed by atoms with Crippen molar-refractivity contribution in [1.29, 1.82) is 0 Å². The maximum Gasteiger partial charge on any atom is 0.313 e. The van der Waals surface area contributed by atoms with E-state index in [1.54, 1.807) is 0 Å². The van der Waals surface area contributed by atoms with Crippen molar-refractivity contribution >= 4 is 28.6 Å². The molecule has 104 valence electrons. The molecule has 0 aliphatic heterocycles. The van der Waals surface area contributed by atoms with Crippen LogP contribution in [0.4, 0.5) is 0 Å². The average Bonchev–Trinajstić information content (AvgIpc) is 2.43. The number of benzene rings is 1. The van der Waals surface area contributed by atoms with Crippen molar-refractivity contribution in [3.63, 3.8) is 0 Å². The maximum atomic E-state index is 10.6. The molecule has 0 bridgehead atoms. The third-order valence-electron chi connectivity index (χ3n) is 3.65. The summed E-state index contributed by atoms with van der Waals surface area (Å²) in [6.45, 7) is 1.96. The Morgan fingerprint density at radius 1 is 1.25 bits per heavy atom. The van der Waals surface area contributed by atoms with Crippen molar-refractivity contribution in [3.05, 3.63) is 29.0 Å². The van der Waals surface area contributed by atoms with Gasteiger partial charge < -0.3 is 5.11 Å². The van der Waals surface area contributed by atoms with Crippen LogP contribution in [-0.2, 0) is 17.6 Å². The lowest BCUT2D eigenvalue weighted by Gasteiger charge is -2.17. The van der Waals surface area contributed by atoms with Gasteiger partial charge in [-0.3, -0.25) is 4.79 Å². The Bertz CT molecular complexity index is 685. The highest BCUT2D eigenvalue weighted by Crippen LogP contribution is 2.28. The summed E-state index contributed by atoms with van der Waals surface area (Å²) < 4.78 is 0. The first-order valence-corrected chi connectivity index (χ1v) is 7.77. The minimum absolute atomic E-state index is 0.00408. The van der Waals surface area contributed by atoms with E-state index >= 15 is 0 Å². The van der Waals surface area contributed by atoms with Gasteiger partial charge in [-0.2, -0.15) is 0 Å². The molecule has 3 rings (SSSR count). The number of nitrogens with zero attached hydrogens (tertiary/aromatic N) is 2. The summed E-state index contributed by atoms with van der Waals surface area (Å²) in [4.78, 5) is 19.6. The molecule has 0 saturated carbocycles. The molecule has 1 aromatic carbocycles. The summed E-state index contributed by atoms with van der Waals surface area (Å²) in [5.41, 5.74) is 4.67. The predicted octanol–water partition coefficient (Wildman–Crippen LogP) is 2.99. The molecular formula is C15H16N2O2S. The van der Waals surface area contributed by atoms with Crippen LogP contribution in [0.5, 0.6) is 0 Å². The number of hydrogen-bond acceptors (Lipinski definition) is 4. The number of carbonyl (C=O) groups is 1.